The fourth-order valence-corrected chi connectivity index (χ4v) is 2.89. The van der Waals surface area contributed by atoms with Crippen LogP contribution in [0.3, 0.4) is 0 Å². The zero-order valence-electron chi connectivity index (χ0n) is 14.1. The van der Waals surface area contributed by atoms with Gasteiger partial charge >= 0.3 is 12.1 Å². The van der Waals surface area contributed by atoms with Crippen molar-refractivity contribution in [1.82, 2.24) is 4.90 Å². The molecule has 0 aromatic heterocycles. The third-order valence-electron chi connectivity index (χ3n) is 3.59. The summed E-state index contributed by atoms with van der Waals surface area (Å²) < 4.78 is 37.9. The van der Waals surface area contributed by atoms with E-state index in [2.05, 4.69) is 5.32 Å². The summed E-state index contributed by atoms with van der Waals surface area (Å²) in [5.74, 6) is -2.39. The lowest BCUT2D eigenvalue weighted by molar-refractivity contribution is -0.185. The molecule has 0 saturated heterocycles. The number of nitrogens with one attached hydrogen (secondary N) is 1. The van der Waals surface area contributed by atoms with Gasteiger partial charge in [-0.3, -0.25) is 9.59 Å². The third kappa shape index (κ3) is 5.87. The highest BCUT2D eigenvalue weighted by atomic mass is 35.5. The molecule has 0 aliphatic rings. The van der Waals surface area contributed by atoms with Gasteiger partial charge in [0.15, 0.2) is 0 Å². The Bertz CT molecular complexity index is 836. The molecule has 27 heavy (non-hydrogen) atoms. The number of alkyl halides is 3. The average molecular weight is 419 g/mol. The highest BCUT2D eigenvalue weighted by molar-refractivity contribution is 6.35. The molecular weight excluding hydrogens is 404 g/mol. The zero-order valence-corrected chi connectivity index (χ0v) is 15.6. The Labute approximate surface area is 163 Å². The van der Waals surface area contributed by atoms with Crippen LogP contribution in [0.5, 0.6) is 0 Å². The van der Waals surface area contributed by atoms with Crippen LogP contribution < -0.4 is 5.32 Å². The number of carbonyl (C=O) groups excluding carboxylic acids is 2. The van der Waals surface area contributed by atoms with Gasteiger partial charge in [0.1, 0.15) is 0 Å². The Morgan fingerprint density at radius 1 is 1.07 bits per heavy atom. The molecule has 2 rings (SSSR count). The van der Waals surface area contributed by atoms with Crippen LogP contribution in [0.2, 0.25) is 10.0 Å². The van der Waals surface area contributed by atoms with E-state index in [4.69, 9.17) is 23.2 Å². The smallest absolute Gasteiger partial charge is 0.331 e. The minimum Gasteiger partial charge on any atom is -0.331 e. The third-order valence-corrected chi connectivity index (χ3v) is 4.03. The summed E-state index contributed by atoms with van der Waals surface area (Å²) in [7, 11) is 0. The second kappa shape index (κ2) is 8.63. The molecule has 0 heterocycles. The van der Waals surface area contributed by atoms with Crippen LogP contribution in [-0.4, -0.2) is 29.4 Å². The Morgan fingerprint density at radius 2 is 1.70 bits per heavy atom. The number of halogens is 5. The summed E-state index contributed by atoms with van der Waals surface area (Å²) in [6, 6.07) is 10.6. The van der Waals surface area contributed by atoms with E-state index in [1.54, 1.807) is 18.2 Å². The number of benzene rings is 2. The maximum absolute atomic E-state index is 12.6. The van der Waals surface area contributed by atoms with Crippen molar-refractivity contribution < 1.29 is 22.8 Å². The molecule has 0 aliphatic carbocycles. The predicted molar refractivity (Wildman–Crippen MR) is 98.0 cm³/mol. The van der Waals surface area contributed by atoms with Crippen LogP contribution in [0.1, 0.15) is 22.8 Å². The van der Waals surface area contributed by atoms with E-state index in [0.29, 0.717) is 26.2 Å². The summed E-state index contributed by atoms with van der Waals surface area (Å²) in [4.78, 5) is 24.4. The molecular formula is C18H15Cl2F3N2O2. The second-order valence-corrected chi connectivity index (χ2v) is 6.50. The van der Waals surface area contributed by atoms with Crippen molar-refractivity contribution in [2.24, 2.45) is 0 Å². The number of amides is 2. The molecule has 0 atom stereocenters. The van der Waals surface area contributed by atoms with Crippen LogP contribution in [0.15, 0.2) is 42.5 Å². The number of carbonyl (C=O) groups is 2. The molecule has 4 nitrogen and oxygen atoms in total. The van der Waals surface area contributed by atoms with Gasteiger partial charge in [-0.1, -0.05) is 35.3 Å². The van der Waals surface area contributed by atoms with Crippen molar-refractivity contribution in [3.63, 3.8) is 0 Å². The van der Waals surface area contributed by atoms with E-state index < -0.39 is 18.0 Å². The molecule has 0 fully saturated rings. The SMILES string of the molecule is CCN(Cc1cccc(NC(=O)c2cc(Cl)cc(Cl)c2)c1)C(=O)C(F)(F)F. The minimum absolute atomic E-state index is 0.101. The minimum atomic E-state index is -4.94. The molecule has 9 heteroatoms. The van der Waals surface area contributed by atoms with Gasteiger partial charge < -0.3 is 10.2 Å². The number of nitrogens with zero attached hydrogens (tertiary/aromatic N) is 1. The van der Waals surface area contributed by atoms with Crippen molar-refractivity contribution >= 4 is 40.7 Å². The van der Waals surface area contributed by atoms with Crippen LogP contribution in [0.4, 0.5) is 18.9 Å². The first-order chi connectivity index (χ1) is 12.6. The quantitative estimate of drug-likeness (QED) is 0.728. The Morgan fingerprint density at radius 3 is 2.26 bits per heavy atom. The molecule has 0 radical (unpaired) electrons. The van der Waals surface area contributed by atoms with E-state index >= 15 is 0 Å². The number of anilines is 1. The van der Waals surface area contributed by atoms with Crippen molar-refractivity contribution in [3.05, 3.63) is 63.6 Å². The van der Waals surface area contributed by atoms with E-state index in [0.717, 1.165) is 0 Å². The van der Waals surface area contributed by atoms with E-state index in [1.807, 2.05) is 0 Å². The summed E-state index contributed by atoms with van der Waals surface area (Å²) in [5.41, 5.74) is 1.04. The highest BCUT2D eigenvalue weighted by Crippen LogP contribution is 2.22. The molecule has 2 aromatic carbocycles. The predicted octanol–water partition coefficient (Wildman–Crippen LogP) is 5.16. The molecule has 0 saturated carbocycles. The van der Waals surface area contributed by atoms with Gasteiger partial charge in [-0.25, -0.2) is 0 Å². The van der Waals surface area contributed by atoms with Crippen molar-refractivity contribution in [2.45, 2.75) is 19.6 Å². The van der Waals surface area contributed by atoms with Crippen molar-refractivity contribution in [1.29, 1.82) is 0 Å². The summed E-state index contributed by atoms with van der Waals surface area (Å²) in [5, 5.41) is 3.22. The Balaban J connectivity index is 2.15. The fraction of sp³-hybridized carbons (Fsp3) is 0.222. The van der Waals surface area contributed by atoms with E-state index in [9.17, 15) is 22.8 Å². The van der Waals surface area contributed by atoms with Crippen molar-refractivity contribution in [2.75, 3.05) is 11.9 Å². The van der Waals surface area contributed by atoms with Crippen molar-refractivity contribution in [3.8, 4) is 0 Å². The first-order valence-electron chi connectivity index (χ1n) is 7.82. The molecule has 2 aromatic rings. The lowest BCUT2D eigenvalue weighted by atomic mass is 10.1. The zero-order chi connectivity index (χ0) is 20.2. The van der Waals surface area contributed by atoms with Crippen LogP contribution in [0, 0.1) is 0 Å². The van der Waals surface area contributed by atoms with Crippen LogP contribution in [0.25, 0.3) is 0 Å². The first-order valence-corrected chi connectivity index (χ1v) is 8.58. The van der Waals surface area contributed by atoms with Crippen LogP contribution >= 0.6 is 23.2 Å². The van der Waals surface area contributed by atoms with Gasteiger partial charge in [0.05, 0.1) is 0 Å². The largest absolute Gasteiger partial charge is 0.471 e. The first kappa shape index (κ1) is 21.1. The van der Waals surface area contributed by atoms with Gasteiger partial charge in [0, 0.05) is 34.4 Å². The molecule has 0 aliphatic heterocycles. The lowest BCUT2D eigenvalue weighted by Crippen LogP contribution is -2.40. The van der Waals surface area contributed by atoms with E-state index in [-0.39, 0.29) is 18.7 Å². The average Bonchev–Trinajstić information content (AvgIpc) is 2.57. The highest BCUT2D eigenvalue weighted by Gasteiger charge is 2.41. The maximum atomic E-state index is 12.6. The van der Waals surface area contributed by atoms with E-state index in [1.165, 1.54) is 31.2 Å². The summed E-state index contributed by atoms with van der Waals surface area (Å²) in [6.07, 6.45) is -4.94. The number of hydrogen-bond acceptors (Lipinski definition) is 2. The Kier molecular flexibility index (Phi) is 6.73. The molecule has 2 amide bonds. The molecule has 0 unspecified atom stereocenters. The van der Waals surface area contributed by atoms with Gasteiger partial charge in [0.2, 0.25) is 0 Å². The van der Waals surface area contributed by atoms with Gasteiger partial charge in [-0.2, -0.15) is 13.2 Å². The molecule has 144 valence electrons. The summed E-state index contributed by atoms with van der Waals surface area (Å²) in [6.45, 7) is 1.12. The summed E-state index contributed by atoms with van der Waals surface area (Å²) >= 11 is 11.7. The second-order valence-electron chi connectivity index (χ2n) is 5.63. The Hall–Kier alpha value is -2.25. The van der Waals surface area contributed by atoms with Gasteiger partial charge in [-0.15, -0.1) is 0 Å². The lowest BCUT2D eigenvalue weighted by Gasteiger charge is -2.22. The molecule has 0 bridgehead atoms. The van der Waals surface area contributed by atoms with Gasteiger partial charge in [0.25, 0.3) is 5.91 Å². The fourth-order valence-electron chi connectivity index (χ4n) is 2.36. The normalized spacial score (nSPS) is 11.2. The monoisotopic (exact) mass is 418 g/mol. The topological polar surface area (TPSA) is 49.4 Å². The maximum Gasteiger partial charge on any atom is 0.471 e. The van der Waals surface area contributed by atoms with Crippen LogP contribution in [-0.2, 0) is 11.3 Å². The number of hydrogen-bond donors (Lipinski definition) is 1. The standard InChI is InChI=1S/C18H15Cl2F3N2O2/c1-2-25(17(27)18(21,22)23)10-11-4-3-5-15(6-11)24-16(26)12-7-13(19)9-14(20)8-12/h3-9H,2,10H2,1H3,(H,24,26). The van der Waals surface area contributed by atoms with Gasteiger partial charge in [-0.05, 0) is 42.8 Å². The number of rotatable bonds is 5. The molecule has 1 N–H and O–H groups in total. The molecule has 0 spiro atoms.